The van der Waals surface area contributed by atoms with Crippen LogP contribution in [0.5, 0.6) is 5.75 Å². The van der Waals surface area contributed by atoms with E-state index in [1.807, 2.05) is 43.7 Å². The van der Waals surface area contributed by atoms with Gasteiger partial charge in [-0.05, 0) is 56.7 Å². The highest BCUT2D eigenvalue weighted by Crippen LogP contribution is 2.26. The van der Waals surface area contributed by atoms with E-state index in [1.165, 1.54) is 23.8 Å². The number of hydrogen-bond acceptors (Lipinski definition) is 4. The SMILES string of the molecule is Cc1cccc(Cn2nc(C)c(NC(=O)c3ccc(COc4ccc(F)cc4Cl)o3)c2C)c1. The molecule has 0 unspecified atom stereocenters. The van der Waals surface area contributed by atoms with E-state index in [9.17, 15) is 9.18 Å². The van der Waals surface area contributed by atoms with Crippen LogP contribution >= 0.6 is 11.6 Å². The highest BCUT2D eigenvalue weighted by atomic mass is 35.5. The first kappa shape index (κ1) is 22.6. The van der Waals surface area contributed by atoms with Crippen LogP contribution in [0.2, 0.25) is 5.02 Å². The standard InChI is InChI=1S/C25H23ClFN3O3/c1-15-5-4-6-18(11-15)13-30-17(3)24(16(2)29-30)28-25(31)23-10-8-20(33-23)14-32-22-9-7-19(27)12-21(22)26/h4-12H,13-14H2,1-3H3,(H,28,31). The fraction of sp³-hybridized carbons (Fsp3) is 0.200. The molecule has 2 aromatic heterocycles. The van der Waals surface area contributed by atoms with Gasteiger partial charge in [-0.15, -0.1) is 0 Å². The minimum absolute atomic E-state index is 0.0467. The lowest BCUT2D eigenvalue weighted by Crippen LogP contribution is -2.12. The number of hydrogen-bond donors (Lipinski definition) is 1. The topological polar surface area (TPSA) is 69.3 Å². The van der Waals surface area contributed by atoms with Crippen LogP contribution < -0.4 is 10.1 Å². The Balaban J connectivity index is 1.42. The molecule has 2 heterocycles. The van der Waals surface area contributed by atoms with Crippen LogP contribution in [0.3, 0.4) is 0 Å². The molecule has 8 heteroatoms. The summed E-state index contributed by atoms with van der Waals surface area (Å²) in [7, 11) is 0. The number of carbonyl (C=O) groups excluding carboxylic acids is 1. The molecule has 33 heavy (non-hydrogen) atoms. The van der Waals surface area contributed by atoms with E-state index in [2.05, 4.69) is 16.5 Å². The molecule has 0 spiro atoms. The smallest absolute Gasteiger partial charge is 0.291 e. The summed E-state index contributed by atoms with van der Waals surface area (Å²) in [5, 5.41) is 7.63. The Kier molecular flexibility index (Phi) is 6.51. The normalized spacial score (nSPS) is 10.9. The molecule has 0 saturated heterocycles. The van der Waals surface area contributed by atoms with Crippen molar-refractivity contribution in [3.63, 3.8) is 0 Å². The van der Waals surface area contributed by atoms with Gasteiger partial charge in [-0.2, -0.15) is 5.10 Å². The Hall–Kier alpha value is -3.58. The second-order valence-electron chi connectivity index (χ2n) is 7.78. The summed E-state index contributed by atoms with van der Waals surface area (Å²) >= 11 is 5.96. The number of furan rings is 1. The molecule has 1 amide bonds. The van der Waals surface area contributed by atoms with E-state index in [0.29, 0.717) is 23.7 Å². The summed E-state index contributed by atoms with van der Waals surface area (Å²) in [5.41, 5.74) is 4.54. The third-order valence-corrected chi connectivity index (χ3v) is 5.48. The van der Waals surface area contributed by atoms with Crippen LogP contribution in [-0.4, -0.2) is 15.7 Å². The van der Waals surface area contributed by atoms with Crippen molar-refractivity contribution >= 4 is 23.2 Å². The van der Waals surface area contributed by atoms with E-state index in [0.717, 1.165) is 17.0 Å². The molecule has 0 bridgehead atoms. The number of rotatable bonds is 7. The number of carbonyl (C=O) groups is 1. The van der Waals surface area contributed by atoms with Crippen molar-refractivity contribution in [3.05, 3.63) is 99.5 Å². The maximum atomic E-state index is 13.2. The summed E-state index contributed by atoms with van der Waals surface area (Å²) in [6, 6.07) is 15.3. The molecule has 2 aromatic carbocycles. The lowest BCUT2D eigenvalue weighted by Gasteiger charge is -2.07. The monoisotopic (exact) mass is 467 g/mol. The van der Waals surface area contributed by atoms with Crippen molar-refractivity contribution in [2.45, 2.75) is 33.9 Å². The fourth-order valence-electron chi connectivity index (χ4n) is 3.51. The molecule has 0 saturated carbocycles. The summed E-state index contributed by atoms with van der Waals surface area (Å²) < 4.78 is 26.2. The Morgan fingerprint density at radius 1 is 1.15 bits per heavy atom. The van der Waals surface area contributed by atoms with E-state index in [-0.39, 0.29) is 23.3 Å². The maximum absolute atomic E-state index is 13.2. The minimum Gasteiger partial charge on any atom is -0.484 e. The number of benzene rings is 2. The molecule has 6 nitrogen and oxygen atoms in total. The molecule has 0 radical (unpaired) electrons. The first-order valence-corrected chi connectivity index (χ1v) is 10.8. The summed E-state index contributed by atoms with van der Waals surface area (Å²) in [6.07, 6.45) is 0. The van der Waals surface area contributed by atoms with Crippen LogP contribution in [0.15, 0.2) is 59.0 Å². The van der Waals surface area contributed by atoms with Gasteiger partial charge in [0.2, 0.25) is 0 Å². The van der Waals surface area contributed by atoms with Gasteiger partial charge in [0.05, 0.1) is 28.6 Å². The molecule has 4 rings (SSSR count). The third kappa shape index (κ3) is 5.26. The first-order valence-electron chi connectivity index (χ1n) is 10.4. The van der Waals surface area contributed by atoms with Crippen LogP contribution in [0, 0.1) is 26.6 Å². The maximum Gasteiger partial charge on any atom is 0.291 e. The van der Waals surface area contributed by atoms with Gasteiger partial charge >= 0.3 is 0 Å². The predicted octanol–water partition coefficient (Wildman–Crippen LogP) is 6.07. The number of aromatic nitrogens is 2. The average molecular weight is 468 g/mol. The highest BCUT2D eigenvalue weighted by molar-refractivity contribution is 6.32. The van der Waals surface area contributed by atoms with Gasteiger partial charge in [-0.25, -0.2) is 4.39 Å². The molecule has 170 valence electrons. The number of amides is 1. The third-order valence-electron chi connectivity index (χ3n) is 5.18. The molecule has 0 atom stereocenters. The fourth-order valence-corrected chi connectivity index (χ4v) is 3.73. The van der Waals surface area contributed by atoms with Gasteiger partial charge < -0.3 is 14.5 Å². The van der Waals surface area contributed by atoms with E-state index < -0.39 is 5.82 Å². The first-order chi connectivity index (χ1) is 15.8. The lowest BCUT2D eigenvalue weighted by molar-refractivity contribution is 0.0992. The Morgan fingerprint density at radius 3 is 2.73 bits per heavy atom. The van der Waals surface area contributed by atoms with Gasteiger partial charge in [0, 0.05) is 0 Å². The van der Waals surface area contributed by atoms with Gasteiger partial charge in [0.15, 0.2) is 5.76 Å². The second kappa shape index (κ2) is 9.50. The van der Waals surface area contributed by atoms with E-state index in [1.54, 1.807) is 12.1 Å². The summed E-state index contributed by atoms with van der Waals surface area (Å²) in [6.45, 7) is 6.47. The zero-order chi connectivity index (χ0) is 23.5. The molecule has 4 aromatic rings. The van der Waals surface area contributed by atoms with Gasteiger partial charge in [0.25, 0.3) is 5.91 Å². The number of nitrogens with one attached hydrogen (secondary N) is 1. The predicted molar refractivity (Wildman–Crippen MR) is 124 cm³/mol. The quantitative estimate of drug-likeness (QED) is 0.358. The Morgan fingerprint density at radius 2 is 1.97 bits per heavy atom. The zero-order valence-electron chi connectivity index (χ0n) is 18.5. The van der Waals surface area contributed by atoms with E-state index >= 15 is 0 Å². The van der Waals surface area contributed by atoms with Crippen LogP contribution in [0.1, 0.15) is 38.8 Å². The molecule has 1 N–H and O–H groups in total. The molecule has 0 aliphatic rings. The second-order valence-corrected chi connectivity index (χ2v) is 8.18. The number of anilines is 1. The summed E-state index contributed by atoms with van der Waals surface area (Å²) in [5.74, 6) is 0.0698. The molecule has 0 aliphatic carbocycles. The largest absolute Gasteiger partial charge is 0.484 e. The number of nitrogens with zero attached hydrogens (tertiary/aromatic N) is 2. The molecule has 0 aliphatic heterocycles. The number of aryl methyl sites for hydroxylation is 2. The van der Waals surface area contributed by atoms with Crippen LogP contribution in [0.4, 0.5) is 10.1 Å². The number of ether oxygens (including phenoxy) is 1. The molecule has 0 fully saturated rings. The van der Waals surface area contributed by atoms with Crippen molar-refractivity contribution in [1.29, 1.82) is 0 Å². The van der Waals surface area contributed by atoms with Crippen LogP contribution in [-0.2, 0) is 13.2 Å². The van der Waals surface area contributed by atoms with Gasteiger partial charge in [0.1, 0.15) is 23.9 Å². The van der Waals surface area contributed by atoms with Crippen molar-refractivity contribution in [2.24, 2.45) is 0 Å². The van der Waals surface area contributed by atoms with Crippen LogP contribution in [0.25, 0.3) is 0 Å². The number of halogens is 2. The average Bonchev–Trinajstić information content (AvgIpc) is 3.34. The van der Waals surface area contributed by atoms with Gasteiger partial charge in [-0.3, -0.25) is 9.48 Å². The highest BCUT2D eigenvalue weighted by Gasteiger charge is 2.18. The van der Waals surface area contributed by atoms with Gasteiger partial charge in [-0.1, -0.05) is 41.4 Å². The van der Waals surface area contributed by atoms with E-state index in [4.69, 9.17) is 20.8 Å². The molecular formula is C25H23ClFN3O3. The van der Waals surface area contributed by atoms with Crippen molar-refractivity contribution in [2.75, 3.05) is 5.32 Å². The molecular weight excluding hydrogens is 445 g/mol. The Bertz CT molecular complexity index is 1310. The Labute approximate surface area is 195 Å². The van der Waals surface area contributed by atoms with Crippen molar-refractivity contribution in [1.82, 2.24) is 9.78 Å². The van der Waals surface area contributed by atoms with Crippen molar-refractivity contribution in [3.8, 4) is 5.75 Å². The minimum atomic E-state index is -0.447. The summed E-state index contributed by atoms with van der Waals surface area (Å²) in [4.78, 5) is 12.8. The van der Waals surface area contributed by atoms with Crippen molar-refractivity contribution < 1.29 is 18.3 Å². The lowest BCUT2D eigenvalue weighted by atomic mass is 10.1. The zero-order valence-corrected chi connectivity index (χ0v) is 19.2.